The highest BCUT2D eigenvalue weighted by molar-refractivity contribution is 7.91. The van der Waals surface area contributed by atoms with Gasteiger partial charge in [0, 0.05) is 49.4 Å². The number of amides is 2. The van der Waals surface area contributed by atoms with Crippen LogP contribution in [0.5, 0.6) is 0 Å². The quantitative estimate of drug-likeness (QED) is 0.142. The molecule has 1 heterocycles. The fourth-order valence-electron chi connectivity index (χ4n) is 6.56. The summed E-state index contributed by atoms with van der Waals surface area (Å²) in [5.41, 5.74) is 6.25. The molecular formula is C37H46F2N4O5S2. The number of thiophene rings is 1. The van der Waals surface area contributed by atoms with Crippen LogP contribution in [0.4, 0.5) is 8.78 Å². The molecule has 0 aliphatic heterocycles. The van der Waals surface area contributed by atoms with Gasteiger partial charge in [-0.05, 0) is 84.5 Å². The van der Waals surface area contributed by atoms with Gasteiger partial charge in [0.2, 0.25) is 11.8 Å². The zero-order valence-electron chi connectivity index (χ0n) is 28.6. The highest BCUT2D eigenvalue weighted by atomic mass is 32.2. The number of sulfonamides is 1. The fourth-order valence-corrected chi connectivity index (χ4v) is 8.59. The van der Waals surface area contributed by atoms with E-state index in [9.17, 15) is 31.9 Å². The first-order valence-corrected chi connectivity index (χ1v) is 19.2. The summed E-state index contributed by atoms with van der Waals surface area (Å²) in [6, 6.07) is 14.0. The number of allylic oxidation sites excluding steroid dienone is 1. The molecule has 9 nitrogen and oxygen atoms in total. The van der Waals surface area contributed by atoms with E-state index in [2.05, 4.69) is 10.0 Å². The van der Waals surface area contributed by atoms with Crippen molar-refractivity contribution in [2.45, 2.75) is 69.7 Å². The summed E-state index contributed by atoms with van der Waals surface area (Å²) in [5.74, 6) is -4.10. The largest absolute Gasteiger partial charge is 0.391 e. The highest BCUT2D eigenvalue weighted by Gasteiger charge is 2.51. The SMILES string of the molecule is CCCN(CCC)C(=O)C1([C@H](Cc2cc(F)cc(F)c2)[C@@H](O)CNCc2cccc(CC)c2)C=C(NS(=O)(=O)c2cccs2)C=C(C(N)=O)C1. The van der Waals surface area contributed by atoms with Crippen molar-refractivity contribution in [3.63, 3.8) is 0 Å². The number of hydrogen-bond acceptors (Lipinski definition) is 7. The molecule has 0 bridgehead atoms. The third-order valence-electron chi connectivity index (χ3n) is 8.81. The van der Waals surface area contributed by atoms with E-state index in [1.54, 1.807) is 16.3 Å². The van der Waals surface area contributed by atoms with Crippen LogP contribution in [-0.4, -0.2) is 56.0 Å². The van der Waals surface area contributed by atoms with Crippen molar-refractivity contribution in [3.8, 4) is 0 Å². The van der Waals surface area contributed by atoms with Crippen LogP contribution in [0.2, 0.25) is 0 Å². The Hall–Kier alpha value is -3.91. The minimum atomic E-state index is -4.14. The molecule has 0 fully saturated rings. The number of halogens is 2. The van der Waals surface area contributed by atoms with Crippen molar-refractivity contribution in [3.05, 3.63) is 112 Å². The van der Waals surface area contributed by atoms with Crippen molar-refractivity contribution >= 4 is 33.2 Å². The van der Waals surface area contributed by atoms with Crippen LogP contribution in [0.25, 0.3) is 0 Å². The molecule has 3 aromatic rings. The second-order valence-electron chi connectivity index (χ2n) is 12.6. The number of rotatable bonds is 18. The number of aliphatic hydroxyl groups excluding tert-OH is 1. The second-order valence-corrected chi connectivity index (χ2v) is 15.5. The van der Waals surface area contributed by atoms with E-state index in [0.717, 1.165) is 47.1 Å². The van der Waals surface area contributed by atoms with E-state index >= 15 is 0 Å². The molecule has 0 saturated heterocycles. The van der Waals surface area contributed by atoms with E-state index in [-0.39, 0.29) is 40.4 Å². The molecule has 2 aromatic carbocycles. The van der Waals surface area contributed by atoms with E-state index in [0.29, 0.717) is 32.5 Å². The van der Waals surface area contributed by atoms with Crippen LogP contribution in [-0.2, 0) is 39.0 Å². The van der Waals surface area contributed by atoms with Gasteiger partial charge in [0.25, 0.3) is 10.0 Å². The molecule has 1 aliphatic carbocycles. The van der Waals surface area contributed by atoms with Crippen molar-refractivity contribution < 1.29 is 31.9 Å². The van der Waals surface area contributed by atoms with E-state index in [1.807, 2.05) is 45.0 Å². The van der Waals surface area contributed by atoms with Crippen molar-refractivity contribution in [1.82, 2.24) is 14.9 Å². The molecule has 270 valence electrons. The summed E-state index contributed by atoms with van der Waals surface area (Å²) < 4.78 is 58.5. The molecule has 50 heavy (non-hydrogen) atoms. The predicted octanol–water partition coefficient (Wildman–Crippen LogP) is 5.21. The highest BCUT2D eigenvalue weighted by Crippen LogP contribution is 2.46. The van der Waals surface area contributed by atoms with Crippen LogP contribution in [0.3, 0.4) is 0 Å². The summed E-state index contributed by atoms with van der Waals surface area (Å²) in [7, 11) is -4.14. The lowest BCUT2D eigenvalue weighted by Crippen LogP contribution is -2.54. The molecular weight excluding hydrogens is 683 g/mol. The topological polar surface area (TPSA) is 142 Å². The lowest BCUT2D eigenvalue weighted by Gasteiger charge is -2.45. The van der Waals surface area contributed by atoms with Gasteiger partial charge >= 0.3 is 0 Å². The van der Waals surface area contributed by atoms with Gasteiger partial charge in [-0.15, -0.1) is 11.3 Å². The summed E-state index contributed by atoms with van der Waals surface area (Å²) >= 11 is 0.990. The van der Waals surface area contributed by atoms with E-state index in [1.165, 1.54) is 18.2 Å². The maximum Gasteiger partial charge on any atom is 0.271 e. The van der Waals surface area contributed by atoms with Gasteiger partial charge in [0.05, 0.1) is 11.5 Å². The third-order valence-corrected chi connectivity index (χ3v) is 11.6. The average Bonchev–Trinajstić information content (AvgIpc) is 3.63. The Morgan fingerprint density at radius 2 is 1.68 bits per heavy atom. The number of primary amides is 1. The van der Waals surface area contributed by atoms with Gasteiger partial charge in [-0.25, -0.2) is 17.2 Å². The minimum Gasteiger partial charge on any atom is -0.391 e. The van der Waals surface area contributed by atoms with Crippen molar-refractivity contribution in [2.75, 3.05) is 19.6 Å². The summed E-state index contributed by atoms with van der Waals surface area (Å²) in [6.07, 6.45) is 3.02. The Labute approximate surface area is 297 Å². The number of nitrogens with one attached hydrogen (secondary N) is 2. The number of carbonyl (C=O) groups excluding carboxylic acids is 2. The predicted molar refractivity (Wildman–Crippen MR) is 191 cm³/mol. The van der Waals surface area contributed by atoms with Gasteiger partial charge in [0.15, 0.2) is 0 Å². The molecule has 2 amide bonds. The van der Waals surface area contributed by atoms with Gasteiger partial charge < -0.3 is 21.1 Å². The zero-order valence-corrected chi connectivity index (χ0v) is 30.3. The average molecular weight is 729 g/mol. The van der Waals surface area contributed by atoms with Gasteiger partial charge in [-0.2, -0.15) is 0 Å². The van der Waals surface area contributed by atoms with Crippen LogP contribution >= 0.6 is 11.3 Å². The number of nitrogens with two attached hydrogens (primary N) is 1. The minimum absolute atomic E-state index is 0.0108. The molecule has 13 heteroatoms. The van der Waals surface area contributed by atoms with Crippen molar-refractivity contribution in [1.29, 1.82) is 0 Å². The summed E-state index contributed by atoms with van der Waals surface area (Å²) in [4.78, 5) is 29.5. The Morgan fingerprint density at radius 3 is 2.28 bits per heavy atom. The van der Waals surface area contributed by atoms with Crippen LogP contribution in [0.1, 0.15) is 56.7 Å². The van der Waals surface area contributed by atoms with Gasteiger partial charge in [-0.3, -0.25) is 14.3 Å². The molecule has 0 spiro atoms. The van der Waals surface area contributed by atoms with Crippen LogP contribution in [0.15, 0.2) is 87.6 Å². The Morgan fingerprint density at radius 1 is 1.00 bits per heavy atom. The van der Waals surface area contributed by atoms with Gasteiger partial charge in [0.1, 0.15) is 15.8 Å². The molecule has 3 atom stereocenters. The normalized spacial score (nSPS) is 17.4. The first-order valence-electron chi connectivity index (χ1n) is 16.8. The fraction of sp³-hybridized carbons (Fsp3) is 0.405. The van der Waals surface area contributed by atoms with E-state index in [4.69, 9.17) is 5.73 Å². The smallest absolute Gasteiger partial charge is 0.271 e. The number of benzene rings is 2. The van der Waals surface area contributed by atoms with Gasteiger partial charge in [-0.1, -0.05) is 51.1 Å². The van der Waals surface area contributed by atoms with E-state index < -0.39 is 50.9 Å². The first kappa shape index (κ1) is 38.9. The zero-order chi connectivity index (χ0) is 36.5. The lowest BCUT2D eigenvalue weighted by atomic mass is 9.63. The summed E-state index contributed by atoms with van der Waals surface area (Å²) in [5, 5.41) is 16.9. The lowest BCUT2D eigenvalue weighted by molar-refractivity contribution is -0.145. The molecule has 0 saturated carbocycles. The third kappa shape index (κ3) is 9.65. The summed E-state index contributed by atoms with van der Waals surface area (Å²) in [6.45, 7) is 6.92. The van der Waals surface area contributed by atoms with Crippen molar-refractivity contribution in [2.24, 2.45) is 17.1 Å². The number of nitrogens with zero attached hydrogens (tertiary/aromatic N) is 1. The maximum absolute atomic E-state index is 15.0. The molecule has 1 aliphatic rings. The molecule has 1 aromatic heterocycles. The first-order chi connectivity index (χ1) is 23.8. The number of aliphatic hydroxyl groups is 1. The monoisotopic (exact) mass is 728 g/mol. The molecule has 5 N–H and O–H groups in total. The number of hydrogen-bond donors (Lipinski definition) is 4. The molecule has 0 radical (unpaired) electrons. The second kappa shape index (κ2) is 17.3. The molecule has 1 unspecified atom stereocenters. The molecule has 4 rings (SSSR count). The number of aryl methyl sites for hydroxylation is 1. The standard InChI is InChI=1S/C37H46F2N4O5S2/c1-4-12-43(13-5-2)36(46)37(21-28(35(40)45)19-31(22-37)42-50(47,48)34-11-8-14-49-34)32(18-27-16-29(38)20-30(39)17-27)33(44)24-41-23-26-10-7-9-25(6-3)15-26/h7-11,14-17,19-20,22,32-33,41-42,44H,4-6,12-13,18,21,23-24H2,1-3H3,(H2,40,45)/t32-,33+,37?/m1/s1. The Bertz CT molecular complexity index is 1790. The Balaban J connectivity index is 1.88. The Kier molecular flexibility index (Phi) is 13.5. The van der Waals surface area contributed by atoms with Crippen LogP contribution in [0, 0.1) is 23.0 Å². The van der Waals surface area contributed by atoms with Crippen LogP contribution < -0.4 is 15.8 Å². The maximum atomic E-state index is 15.0. The number of carbonyl (C=O) groups is 2.